The number of rotatable bonds is 6. The van der Waals surface area contributed by atoms with E-state index in [9.17, 15) is 0 Å². The van der Waals surface area contributed by atoms with Crippen LogP contribution in [0.1, 0.15) is 64.2 Å². The van der Waals surface area contributed by atoms with Crippen LogP contribution in [0.4, 0.5) is 0 Å². The summed E-state index contributed by atoms with van der Waals surface area (Å²) in [5.41, 5.74) is 0. The highest BCUT2D eigenvalue weighted by Gasteiger charge is 2.16. The average Bonchev–Trinajstić information content (AvgIpc) is 2.60. The minimum atomic E-state index is 0.744. The second-order valence-electron chi connectivity index (χ2n) is 7.25. The Labute approximate surface area is 154 Å². The Morgan fingerprint density at radius 2 is 1.13 bits per heavy atom. The van der Waals surface area contributed by atoms with Crippen LogP contribution in [-0.4, -0.2) is 13.2 Å². The molecule has 0 spiro atoms. The van der Waals surface area contributed by atoms with E-state index in [1.807, 2.05) is 0 Å². The molecular weight excluding hydrogens is 399 g/mol. The van der Waals surface area contributed by atoms with E-state index in [1.54, 1.807) is 0 Å². The van der Waals surface area contributed by atoms with Gasteiger partial charge < -0.3 is 9.47 Å². The summed E-state index contributed by atoms with van der Waals surface area (Å²) in [6.45, 7) is 1.73. The first kappa shape index (κ1) is 17.4. The first-order valence-electron chi connectivity index (χ1n) is 9.36. The fourth-order valence-electron chi connectivity index (χ4n) is 3.84. The Bertz CT molecular complexity index is 436. The van der Waals surface area contributed by atoms with Crippen LogP contribution >= 0.6 is 22.6 Å². The van der Waals surface area contributed by atoms with Crippen molar-refractivity contribution >= 4 is 22.6 Å². The molecule has 23 heavy (non-hydrogen) atoms. The Balaban J connectivity index is 1.50. The van der Waals surface area contributed by atoms with E-state index in [1.165, 1.54) is 67.8 Å². The zero-order valence-electron chi connectivity index (χ0n) is 14.1. The lowest BCUT2D eigenvalue weighted by Crippen LogP contribution is -2.16. The summed E-state index contributed by atoms with van der Waals surface area (Å²) in [6.07, 6.45) is 13.6. The summed E-state index contributed by atoms with van der Waals surface area (Å²) < 4.78 is 13.3. The monoisotopic (exact) mass is 428 g/mol. The van der Waals surface area contributed by atoms with Crippen molar-refractivity contribution < 1.29 is 9.47 Å². The molecule has 1 aromatic rings. The summed E-state index contributed by atoms with van der Waals surface area (Å²) in [4.78, 5) is 0. The Hall–Kier alpha value is -0.450. The number of hydrogen-bond acceptors (Lipinski definition) is 2. The minimum Gasteiger partial charge on any atom is -0.493 e. The van der Waals surface area contributed by atoms with Gasteiger partial charge in [-0.2, -0.15) is 0 Å². The largest absolute Gasteiger partial charge is 0.493 e. The second kappa shape index (κ2) is 9.14. The third-order valence-corrected chi connectivity index (χ3v) is 5.89. The third-order valence-electron chi connectivity index (χ3n) is 5.27. The molecule has 0 aromatic heterocycles. The van der Waals surface area contributed by atoms with E-state index >= 15 is 0 Å². The topological polar surface area (TPSA) is 18.5 Å². The Morgan fingerprint density at radius 1 is 0.696 bits per heavy atom. The maximum absolute atomic E-state index is 6.07. The lowest BCUT2D eigenvalue weighted by atomic mass is 9.90. The highest BCUT2D eigenvalue weighted by molar-refractivity contribution is 14.1. The predicted molar refractivity (Wildman–Crippen MR) is 103 cm³/mol. The first-order valence-corrected chi connectivity index (χ1v) is 10.4. The highest BCUT2D eigenvalue weighted by Crippen LogP contribution is 2.29. The van der Waals surface area contributed by atoms with Gasteiger partial charge >= 0.3 is 0 Å². The number of ether oxygens (including phenoxy) is 2. The molecule has 2 fully saturated rings. The van der Waals surface area contributed by atoms with E-state index < -0.39 is 0 Å². The molecule has 0 unspecified atom stereocenters. The SMILES string of the molecule is Ic1cc(OCC2CCCCC2)cc(OCC2CCCCC2)c1. The van der Waals surface area contributed by atoms with Crippen LogP contribution < -0.4 is 9.47 Å². The Kier molecular flexibility index (Phi) is 6.91. The summed E-state index contributed by atoms with van der Waals surface area (Å²) in [6, 6.07) is 6.32. The summed E-state index contributed by atoms with van der Waals surface area (Å²) in [5, 5.41) is 0. The van der Waals surface area contributed by atoms with Crippen molar-refractivity contribution in [2.75, 3.05) is 13.2 Å². The van der Waals surface area contributed by atoms with E-state index in [-0.39, 0.29) is 0 Å². The fraction of sp³-hybridized carbons (Fsp3) is 0.700. The van der Waals surface area contributed by atoms with E-state index in [4.69, 9.17) is 9.47 Å². The molecule has 2 aliphatic rings. The van der Waals surface area contributed by atoms with Gasteiger partial charge in [-0.3, -0.25) is 0 Å². The van der Waals surface area contributed by atoms with Gasteiger partial charge in [-0.1, -0.05) is 38.5 Å². The highest BCUT2D eigenvalue weighted by atomic mass is 127. The number of hydrogen-bond donors (Lipinski definition) is 0. The van der Waals surface area contributed by atoms with Gasteiger partial charge in [0.25, 0.3) is 0 Å². The molecule has 0 heterocycles. The van der Waals surface area contributed by atoms with E-state index in [0.29, 0.717) is 0 Å². The van der Waals surface area contributed by atoms with Crippen LogP contribution in [0.2, 0.25) is 0 Å². The molecule has 0 bridgehead atoms. The second-order valence-corrected chi connectivity index (χ2v) is 8.50. The lowest BCUT2D eigenvalue weighted by molar-refractivity contribution is 0.200. The van der Waals surface area contributed by atoms with Crippen LogP contribution in [0.5, 0.6) is 11.5 Å². The quantitative estimate of drug-likeness (QED) is 0.502. The van der Waals surface area contributed by atoms with E-state index in [0.717, 1.165) is 36.5 Å². The van der Waals surface area contributed by atoms with Gasteiger partial charge in [0.15, 0.2) is 0 Å². The maximum Gasteiger partial charge on any atom is 0.124 e. The van der Waals surface area contributed by atoms with Crippen molar-refractivity contribution in [2.45, 2.75) is 64.2 Å². The molecule has 3 heteroatoms. The molecule has 0 aliphatic heterocycles. The van der Waals surface area contributed by atoms with Crippen LogP contribution in [0.25, 0.3) is 0 Å². The van der Waals surface area contributed by atoms with Crippen molar-refractivity contribution in [1.29, 1.82) is 0 Å². The van der Waals surface area contributed by atoms with Gasteiger partial charge in [0.1, 0.15) is 11.5 Å². The third kappa shape index (κ3) is 5.84. The number of benzene rings is 1. The van der Waals surface area contributed by atoms with Crippen LogP contribution in [0.15, 0.2) is 18.2 Å². The molecule has 128 valence electrons. The first-order chi connectivity index (χ1) is 11.3. The van der Waals surface area contributed by atoms with Gasteiger partial charge in [0.05, 0.1) is 13.2 Å². The van der Waals surface area contributed by atoms with Crippen LogP contribution in [0.3, 0.4) is 0 Å². The standard InChI is InChI=1S/C20H29IO2/c21-18-11-19(22-14-16-7-3-1-4-8-16)13-20(12-18)23-15-17-9-5-2-6-10-17/h11-13,16-17H,1-10,14-15H2. The van der Waals surface area contributed by atoms with Gasteiger partial charge in [-0.15, -0.1) is 0 Å². The average molecular weight is 428 g/mol. The molecule has 3 rings (SSSR count). The normalized spacial score (nSPS) is 20.4. The van der Waals surface area contributed by atoms with Gasteiger partial charge in [-0.25, -0.2) is 0 Å². The summed E-state index contributed by atoms with van der Waals surface area (Å²) in [7, 11) is 0. The van der Waals surface area contributed by atoms with Crippen molar-refractivity contribution in [3.63, 3.8) is 0 Å². The number of halogens is 1. The lowest BCUT2D eigenvalue weighted by Gasteiger charge is -2.23. The molecule has 0 atom stereocenters. The van der Waals surface area contributed by atoms with Crippen molar-refractivity contribution in [2.24, 2.45) is 11.8 Å². The van der Waals surface area contributed by atoms with Crippen LogP contribution in [0, 0.1) is 15.4 Å². The van der Waals surface area contributed by atoms with Crippen molar-refractivity contribution in [1.82, 2.24) is 0 Å². The molecule has 0 saturated heterocycles. The molecular formula is C20H29IO2. The Morgan fingerprint density at radius 3 is 1.57 bits per heavy atom. The van der Waals surface area contributed by atoms with Gasteiger partial charge in [0, 0.05) is 9.64 Å². The molecule has 2 aliphatic carbocycles. The van der Waals surface area contributed by atoms with Crippen molar-refractivity contribution in [3.05, 3.63) is 21.8 Å². The minimum absolute atomic E-state index is 0.744. The van der Waals surface area contributed by atoms with Crippen LogP contribution in [-0.2, 0) is 0 Å². The molecule has 0 N–H and O–H groups in total. The zero-order chi connectivity index (χ0) is 15.9. The molecule has 0 radical (unpaired) electrons. The smallest absolute Gasteiger partial charge is 0.124 e. The van der Waals surface area contributed by atoms with Crippen molar-refractivity contribution in [3.8, 4) is 11.5 Å². The molecule has 0 amide bonds. The molecule has 2 saturated carbocycles. The van der Waals surface area contributed by atoms with Gasteiger partial charge in [-0.05, 0) is 72.2 Å². The summed E-state index contributed by atoms with van der Waals surface area (Å²) in [5.74, 6) is 3.43. The molecule has 1 aromatic carbocycles. The maximum atomic E-state index is 6.07. The van der Waals surface area contributed by atoms with E-state index in [2.05, 4.69) is 40.8 Å². The predicted octanol–water partition coefficient (Wildman–Crippen LogP) is 6.21. The zero-order valence-corrected chi connectivity index (χ0v) is 16.2. The fourth-order valence-corrected chi connectivity index (χ4v) is 4.45. The summed E-state index contributed by atoms with van der Waals surface area (Å²) >= 11 is 2.36. The van der Waals surface area contributed by atoms with Gasteiger partial charge in [0.2, 0.25) is 0 Å². The molecule has 2 nitrogen and oxygen atoms in total.